The molecule has 0 aliphatic rings. The first-order chi connectivity index (χ1) is 12.0. The zero-order valence-electron chi connectivity index (χ0n) is 14.2. The Morgan fingerprint density at radius 1 is 1.20 bits per heavy atom. The van der Waals surface area contributed by atoms with Crippen molar-refractivity contribution >= 4 is 22.6 Å². The predicted octanol–water partition coefficient (Wildman–Crippen LogP) is 3.95. The average molecular weight is 338 g/mol. The third kappa shape index (κ3) is 3.60. The Bertz CT molecular complexity index is 926. The molecule has 0 bridgehead atoms. The van der Waals surface area contributed by atoms with Crippen molar-refractivity contribution in [2.45, 2.75) is 19.9 Å². The molecule has 0 radical (unpaired) electrons. The van der Waals surface area contributed by atoms with Crippen molar-refractivity contribution in [1.29, 1.82) is 0 Å². The van der Waals surface area contributed by atoms with Crippen molar-refractivity contribution < 1.29 is 14.3 Å². The van der Waals surface area contributed by atoms with Crippen LogP contribution in [0.5, 0.6) is 0 Å². The van der Waals surface area contributed by atoms with E-state index in [1.807, 2.05) is 42.3 Å². The van der Waals surface area contributed by atoms with Crippen molar-refractivity contribution in [3.63, 3.8) is 0 Å². The van der Waals surface area contributed by atoms with Gasteiger partial charge in [-0.15, -0.1) is 0 Å². The summed E-state index contributed by atoms with van der Waals surface area (Å²) in [5.41, 5.74) is 3.72. The van der Waals surface area contributed by atoms with Crippen LogP contribution in [0.4, 0.5) is 10.1 Å². The molecule has 0 aliphatic carbocycles. The second-order valence-corrected chi connectivity index (χ2v) is 6.10. The molecular formula is C20H19FN2O2. The Balaban J connectivity index is 2.17. The molecule has 0 unspecified atom stereocenters. The van der Waals surface area contributed by atoms with E-state index in [1.54, 1.807) is 13.0 Å². The van der Waals surface area contributed by atoms with Gasteiger partial charge in [0, 0.05) is 30.2 Å². The maximum Gasteiger partial charge on any atom is 0.307 e. The van der Waals surface area contributed by atoms with Gasteiger partial charge in [-0.25, -0.2) is 4.39 Å². The molecule has 0 atom stereocenters. The van der Waals surface area contributed by atoms with Gasteiger partial charge in [-0.1, -0.05) is 30.3 Å². The Morgan fingerprint density at radius 3 is 2.60 bits per heavy atom. The molecule has 4 nitrogen and oxygen atoms in total. The maximum atomic E-state index is 13.8. The van der Waals surface area contributed by atoms with E-state index in [2.05, 4.69) is 4.98 Å². The van der Waals surface area contributed by atoms with E-state index in [4.69, 9.17) is 0 Å². The van der Waals surface area contributed by atoms with Gasteiger partial charge in [0.25, 0.3) is 0 Å². The van der Waals surface area contributed by atoms with E-state index >= 15 is 0 Å². The fourth-order valence-corrected chi connectivity index (χ4v) is 3.11. The molecule has 5 heteroatoms. The van der Waals surface area contributed by atoms with Crippen LogP contribution in [0.2, 0.25) is 0 Å². The highest BCUT2D eigenvalue weighted by Crippen LogP contribution is 2.33. The van der Waals surface area contributed by atoms with Gasteiger partial charge >= 0.3 is 5.97 Å². The minimum Gasteiger partial charge on any atom is -0.481 e. The third-order valence-corrected chi connectivity index (χ3v) is 4.20. The van der Waals surface area contributed by atoms with Crippen molar-refractivity contribution in [3.8, 4) is 0 Å². The maximum absolute atomic E-state index is 13.8. The number of carboxylic acids is 1. The summed E-state index contributed by atoms with van der Waals surface area (Å²) in [6.07, 6.45) is -0.153. The first-order valence-corrected chi connectivity index (χ1v) is 8.01. The molecule has 0 saturated carbocycles. The first kappa shape index (κ1) is 16.9. The van der Waals surface area contributed by atoms with Crippen LogP contribution in [0.1, 0.15) is 16.8 Å². The van der Waals surface area contributed by atoms with E-state index < -0.39 is 5.97 Å². The van der Waals surface area contributed by atoms with Crippen LogP contribution in [0.25, 0.3) is 10.9 Å². The highest BCUT2D eigenvalue weighted by Gasteiger charge is 2.19. The number of anilines is 1. The van der Waals surface area contributed by atoms with Gasteiger partial charge in [-0.2, -0.15) is 0 Å². The number of nitrogens with zero attached hydrogens (tertiary/aromatic N) is 2. The fourth-order valence-electron chi connectivity index (χ4n) is 3.11. The summed E-state index contributed by atoms with van der Waals surface area (Å²) in [5, 5.41) is 9.92. The third-order valence-electron chi connectivity index (χ3n) is 4.20. The number of carboxylic acid groups (broad SMARTS) is 1. The molecule has 25 heavy (non-hydrogen) atoms. The van der Waals surface area contributed by atoms with Gasteiger partial charge in [0.05, 0.1) is 17.6 Å². The second kappa shape index (κ2) is 6.89. The van der Waals surface area contributed by atoms with Crippen LogP contribution in [0.3, 0.4) is 0 Å². The quantitative estimate of drug-likeness (QED) is 0.765. The zero-order chi connectivity index (χ0) is 18.0. The van der Waals surface area contributed by atoms with E-state index in [-0.39, 0.29) is 12.2 Å². The molecular weight excluding hydrogens is 319 g/mol. The molecule has 2 aromatic carbocycles. The summed E-state index contributed by atoms with van der Waals surface area (Å²) < 4.78 is 13.8. The van der Waals surface area contributed by atoms with Crippen LogP contribution in [0, 0.1) is 12.7 Å². The SMILES string of the molecule is Cc1nc2ccc(F)cc2c(N(C)Cc2ccccc2)c1CC(=O)O. The smallest absolute Gasteiger partial charge is 0.307 e. The summed E-state index contributed by atoms with van der Waals surface area (Å²) in [6.45, 7) is 2.38. The standard InChI is InChI=1S/C20H19FN2O2/c1-13-16(11-19(24)25)20(17-10-15(21)8-9-18(17)22-13)23(2)12-14-6-4-3-5-7-14/h3-10H,11-12H2,1-2H3,(H,24,25). The highest BCUT2D eigenvalue weighted by atomic mass is 19.1. The van der Waals surface area contributed by atoms with Crippen LogP contribution in [-0.2, 0) is 17.8 Å². The van der Waals surface area contributed by atoms with Gasteiger partial charge in [-0.05, 0) is 30.7 Å². The van der Waals surface area contributed by atoms with Crippen molar-refractivity contribution in [2.24, 2.45) is 0 Å². The number of aromatic nitrogens is 1. The van der Waals surface area contributed by atoms with Crippen molar-refractivity contribution in [1.82, 2.24) is 4.98 Å². The summed E-state index contributed by atoms with van der Waals surface area (Å²) >= 11 is 0. The van der Waals surface area contributed by atoms with Gasteiger partial charge in [0.2, 0.25) is 0 Å². The lowest BCUT2D eigenvalue weighted by Crippen LogP contribution is -2.20. The summed E-state index contributed by atoms with van der Waals surface area (Å²) in [6, 6.07) is 14.3. The number of aliphatic carboxylic acids is 1. The number of halogens is 1. The number of hydrogen-bond donors (Lipinski definition) is 1. The first-order valence-electron chi connectivity index (χ1n) is 8.01. The van der Waals surface area contributed by atoms with Crippen LogP contribution >= 0.6 is 0 Å². The molecule has 0 spiro atoms. The van der Waals surface area contributed by atoms with Crippen molar-refractivity contribution in [3.05, 3.63) is 71.2 Å². The van der Waals surface area contributed by atoms with Crippen LogP contribution in [0.15, 0.2) is 48.5 Å². The number of aryl methyl sites for hydroxylation is 1. The number of carbonyl (C=O) groups is 1. The Hall–Kier alpha value is -2.95. The normalized spacial score (nSPS) is 10.8. The lowest BCUT2D eigenvalue weighted by Gasteiger charge is -2.25. The number of pyridine rings is 1. The minimum absolute atomic E-state index is 0.153. The largest absolute Gasteiger partial charge is 0.481 e. The van der Waals surface area contributed by atoms with Gasteiger partial charge in [-0.3, -0.25) is 9.78 Å². The molecule has 0 amide bonds. The average Bonchev–Trinajstić information content (AvgIpc) is 2.56. The molecule has 3 aromatic rings. The molecule has 0 fully saturated rings. The number of rotatable bonds is 5. The molecule has 3 rings (SSSR count). The van der Waals surface area contributed by atoms with E-state index in [9.17, 15) is 14.3 Å². The van der Waals surface area contributed by atoms with E-state index in [1.165, 1.54) is 12.1 Å². The molecule has 0 saturated heterocycles. The lowest BCUT2D eigenvalue weighted by molar-refractivity contribution is -0.136. The topological polar surface area (TPSA) is 53.4 Å². The Labute approximate surface area is 145 Å². The second-order valence-electron chi connectivity index (χ2n) is 6.10. The molecule has 1 heterocycles. The highest BCUT2D eigenvalue weighted by molar-refractivity contribution is 5.95. The number of fused-ring (bicyclic) bond motifs is 1. The van der Waals surface area contributed by atoms with Crippen LogP contribution < -0.4 is 4.90 Å². The number of hydrogen-bond acceptors (Lipinski definition) is 3. The molecule has 128 valence electrons. The van der Waals surface area contributed by atoms with Crippen LogP contribution in [-0.4, -0.2) is 23.1 Å². The minimum atomic E-state index is -0.935. The van der Waals surface area contributed by atoms with Gasteiger partial charge in [0.15, 0.2) is 0 Å². The Morgan fingerprint density at radius 2 is 1.92 bits per heavy atom. The fraction of sp³-hybridized carbons (Fsp3) is 0.200. The lowest BCUT2D eigenvalue weighted by atomic mass is 10.0. The predicted molar refractivity (Wildman–Crippen MR) is 96.3 cm³/mol. The summed E-state index contributed by atoms with van der Waals surface area (Å²) in [4.78, 5) is 17.8. The summed E-state index contributed by atoms with van der Waals surface area (Å²) in [5.74, 6) is -1.30. The monoisotopic (exact) mass is 338 g/mol. The summed E-state index contributed by atoms with van der Waals surface area (Å²) in [7, 11) is 1.89. The van der Waals surface area contributed by atoms with Gasteiger partial charge in [0.1, 0.15) is 5.82 Å². The molecule has 1 N–H and O–H groups in total. The van der Waals surface area contributed by atoms with Gasteiger partial charge < -0.3 is 10.0 Å². The van der Waals surface area contributed by atoms with E-state index in [0.717, 1.165) is 5.56 Å². The zero-order valence-corrected chi connectivity index (χ0v) is 14.2. The van der Waals surface area contributed by atoms with Crippen molar-refractivity contribution in [2.75, 3.05) is 11.9 Å². The molecule has 0 aliphatic heterocycles. The molecule has 1 aromatic heterocycles. The number of benzene rings is 2. The van der Waals surface area contributed by atoms with E-state index in [0.29, 0.717) is 34.4 Å². The Kier molecular flexibility index (Phi) is 4.65.